The summed E-state index contributed by atoms with van der Waals surface area (Å²) in [6, 6.07) is 16.5. The van der Waals surface area contributed by atoms with Gasteiger partial charge in [0.25, 0.3) is 5.91 Å². The van der Waals surface area contributed by atoms with Crippen molar-refractivity contribution < 1.29 is 19.0 Å². The zero-order valence-electron chi connectivity index (χ0n) is 24.2. The van der Waals surface area contributed by atoms with E-state index < -0.39 is 6.04 Å². The normalized spacial score (nSPS) is 14.2. The van der Waals surface area contributed by atoms with Crippen LogP contribution < -0.4 is 24.8 Å². The number of fused-ring (bicyclic) bond motifs is 1. The first kappa shape index (κ1) is 29.3. The third-order valence-corrected chi connectivity index (χ3v) is 8.50. The summed E-state index contributed by atoms with van der Waals surface area (Å²) in [5, 5.41) is 12.5. The van der Waals surface area contributed by atoms with Crippen LogP contribution in [0, 0.1) is 13.8 Å². The van der Waals surface area contributed by atoms with Crippen molar-refractivity contribution in [2.75, 3.05) is 32.0 Å². The van der Waals surface area contributed by atoms with E-state index in [1.165, 1.54) is 11.8 Å². The van der Waals surface area contributed by atoms with Gasteiger partial charge < -0.3 is 24.8 Å². The summed E-state index contributed by atoms with van der Waals surface area (Å²) in [5.74, 6) is 2.22. The zero-order valence-corrected chi connectivity index (χ0v) is 25.8. The van der Waals surface area contributed by atoms with E-state index in [1.54, 1.807) is 26.0 Å². The van der Waals surface area contributed by atoms with Crippen molar-refractivity contribution in [2.45, 2.75) is 37.7 Å². The Morgan fingerprint density at radius 3 is 2.40 bits per heavy atom. The van der Waals surface area contributed by atoms with Gasteiger partial charge in [0.2, 0.25) is 16.9 Å². The first-order valence-corrected chi connectivity index (χ1v) is 14.6. The quantitative estimate of drug-likeness (QED) is 0.201. The molecule has 5 rings (SSSR count). The standard InChI is InChI=1S/C31H32ClN5O4S/c1-17-10-9-13-23(18(17)2)34-29(38)26-19(3)33-30-35-31(42-16-20-11-7-8-12-22(20)32)36-37(30)27(26)21-14-24(39-4)28(41-6)25(15-21)40-5/h7-15,27H,16H2,1-6H3,(H,34,38)(H,33,35,36). The Kier molecular flexibility index (Phi) is 8.65. The van der Waals surface area contributed by atoms with Gasteiger partial charge >= 0.3 is 0 Å². The Balaban J connectivity index is 1.59. The zero-order chi connectivity index (χ0) is 30.0. The second-order valence-corrected chi connectivity index (χ2v) is 11.1. The maximum Gasteiger partial charge on any atom is 0.255 e. The number of ether oxygens (including phenoxy) is 3. The lowest BCUT2D eigenvalue weighted by Crippen LogP contribution is -2.31. The lowest BCUT2D eigenvalue weighted by molar-refractivity contribution is -0.113. The predicted octanol–water partition coefficient (Wildman–Crippen LogP) is 6.79. The molecule has 0 radical (unpaired) electrons. The van der Waals surface area contributed by atoms with Crippen LogP contribution in [0.1, 0.15) is 35.2 Å². The highest BCUT2D eigenvalue weighted by molar-refractivity contribution is 7.98. The van der Waals surface area contributed by atoms with Crippen molar-refractivity contribution in [3.8, 4) is 17.2 Å². The molecule has 42 heavy (non-hydrogen) atoms. The molecule has 2 heterocycles. The molecule has 1 unspecified atom stereocenters. The average molecular weight is 606 g/mol. The topological polar surface area (TPSA) is 99.5 Å². The first-order valence-electron chi connectivity index (χ1n) is 13.2. The van der Waals surface area contributed by atoms with Crippen LogP contribution in [0.3, 0.4) is 0 Å². The molecule has 1 aliphatic heterocycles. The SMILES string of the molecule is COc1cc(C2C(C(=O)Nc3cccc(C)c3C)=C(C)Nc3nc(SCc4ccccc4Cl)nn32)cc(OC)c1OC. The molecule has 1 atom stereocenters. The summed E-state index contributed by atoms with van der Waals surface area (Å²) in [4.78, 5) is 18.8. The van der Waals surface area contributed by atoms with E-state index in [2.05, 4.69) is 10.6 Å². The molecule has 9 nitrogen and oxygen atoms in total. The number of nitrogens with one attached hydrogen (secondary N) is 2. The predicted molar refractivity (Wildman–Crippen MR) is 166 cm³/mol. The van der Waals surface area contributed by atoms with E-state index >= 15 is 0 Å². The van der Waals surface area contributed by atoms with Gasteiger partial charge in [-0.15, -0.1) is 5.10 Å². The second-order valence-electron chi connectivity index (χ2n) is 9.77. The van der Waals surface area contributed by atoms with Crippen LogP contribution in [0.4, 0.5) is 11.6 Å². The minimum atomic E-state index is -0.651. The Labute approximate surface area is 254 Å². The van der Waals surface area contributed by atoms with Gasteiger partial charge in [-0.25, -0.2) is 4.68 Å². The maximum absolute atomic E-state index is 14.0. The fraction of sp³-hybridized carbons (Fsp3) is 0.258. The number of rotatable bonds is 9. The van der Waals surface area contributed by atoms with Crippen molar-refractivity contribution in [2.24, 2.45) is 0 Å². The summed E-state index contributed by atoms with van der Waals surface area (Å²) < 4.78 is 18.6. The van der Waals surface area contributed by atoms with E-state index in [-0.39, 0.29) is 5.91 Å². The van der Waals surface area contributed by atoms with E-state index in [0.29, 0.717) is 56.0 Å². The Morgan fingerprint density at radius 2 is 1.74 bits per heavy atom. The van der Waals surface area contributed by atoms with Crippen molar-refractivity contribution in [1.29, 1.82) is 0 Å². The third-order valence-electron chi connectivity index (χ3n) is 7.25. The van der Waals surface area contributed by atoms with Gasteiger partial charge in [0.1, 0.15) is 6.04 Å². The number of allylic oxidation sites excluding steroid dienone is 1. The highest BCUT2D eigenvalue weighted by atomic mass is 35.5. The first-order chi connectivity index (χ1) is 20.2. The highest BCUT2D eigenvalue weighted by Gasteiger charge is 2.36. The number of nitrogens with zero attached hydrogens (tertiary/aromatic N) is 3. The van der Waals surface area contributed by atoms with E-state index in [9.17, 15) is 4.79 Å². The number of halogens is 1. The van der Waals surface area contributed by atoms with Crippen LogP contribution in [0.15, 0.2) is 71.0 Å². The molecule has 3 aromatic carbocycles. The van der Waals surface area contributed by atoms with Gasteiger partial charge in [-0.2, -0.15) is 4.98 Å². The number of carbonyl (C=O) groups excluding carboxylic acids is 1. The molecule has 218 valence electrons. The second kappa shape index (κ2) is 12.4. The molecular weight excluding hydrogens is 574 g/mol. The van der Waals surface area contributed by atoms with Gasteiger partial charge in [-0.1, -0.05) is 53.7 Å². The molecule has 0 spiro atoms. The molecule has 11 heteroatoms. The lowest BCUT2D eigenvalue weighted by Gasteiger charge is -2.29. The van der Waals surface area contributed by atoms with Gasteiger partial charge in [-0.05, 0) is 67.3 Å². The van der Waals surface area contributed by atoms with Crippen LogP contribution in [-0.4, -0.2) is 42.0 Å². The van der Waals surface area contributed by atoms with Crippen LogP contribution in [-0.2, 0) is 10.5 Å². The number of thioether (sulfide) groups is 1. The molecule has 0 fully saturated rings. The Morgan fingerprint density at radius 1 is 1.02 bits per heavy atom. The summed E-state index contributed by atoms with van der Waals surface area (Å²) in [6.45, 7) is 5.86. The molecule has 1 aliphatic rings. The Bertz CT molecular complexity index is 1660. The Hall–Kier alpha value is -4.15. The summed E-state index contributed by atoms with van der Waals surface area (Å²) in [6.07, 6.45) is 0. The monoisotopic (exact) mass is 605 g/mol. The molecule has 2 N–H and O–H groups in total. The molecular formula is C31H32ClN5O4S. The van der Waals surface area contributed by atoms with E-state index in [0.717, 1.165) is 22.4 Å². The van der Waals surface area contributed by atoms with Crippen LogP contribution in [0.2, 0.25) is 5.02 Å². The lowest BCUT2D eigenvalue weighted by atomic mass is 9.94. The fourth-order valence-corrected chi connectivity index (χ4v) is 6.00. The highest BCUT2D eigenvalue weighted by Crippen LogP contribution is 2.44. The smallest absolute Gasteiger partial charge is 0.255 e. The summed E-state index contributed by atoms with van der Waals surface area (Å²) >= 11 is 7.84. The van der Waals surface area contributed by atoms with E-state index in [1.807, 2.05) is 75.4 Å². The number of anilines is 2. The van der Waals surface area contributed by atoms with Crippen molar-refractivity contribution in [3.63, 3.8) is 0 Å². The summed E-state index contributed by atoms with van der Waals surface area (Å²) in [7, 11) is 4.67. The molecule has 1 amide bonds. The minimum absolute atomic E-state index is 0.265. The molecule has 0 aliphatic carbocycles. The summed E-state index contributed by atoms with van der Waals surface area (Å²) in [5.41, 5.74) is 5.64. The number of hydrogen-bond acceptors (Lipinski definition) is 8. The minimum Gasteiger partial charge on any atom is -0.493 e. The molecule has 0 bridgehead atoms. The van der Waals surface area contributed by atoms with Gasteiger partial charge in [0.15, 0.2) is 11.5 Å². The van der Waals surface area contributed by atoms with E-state index in [4.69, 9.17) is 35.9 Å². The van der Waals surface area contributed by atoms with Gasteiger partial charge in [0.05, 0.1) is 26.9 Å². The number of aryl methyl sites for hydroxylation is 1. The maximum atomic E-state index is 14.0. The van der Waals surface area contributed by atoms with Crippen LogP contribution >= 0.6 is 23.4 Å². The molecule has 0 saturated carbocycles. The number of methoxy groups -OCH3 is 3. The number of benzene rings is 3. The molecule has 0 saturated heterocycles. The van der Waals surface area contributed by atoms with Gasteiger partial charge in [-0.3, -0.25) is 4.79 Å². The molecule has 4 aromatic rings. The molecule has 1 aromatic heterocycles. The van der Waals surface area contributed by atoms with Crippen molar-refractivity contribution in [1.82, 2.24) is 14.8 Å². The van der Waals surface area contributed by atoms with Crippen molar-refractivity contribution in [3.05, 3.63) is 93.1 Å². The number of amides is 1. The average Bonchev–Trinajstić information content (AvgIpc) is 3.39. The fourth-order valence-electron chi connectivity index (χ4n) is 4.89. The number of hydrogen-bond donors (Lipinski definition) is 2. The number of carbonyl (C=O) groups is 1. The van der Waals surface area contributed by atoms with Crippen LogP contribution in [0.5, 0.6) is 17.2 Å². The largest absolute Gasteiger partial charge is 0.493 e. The number of aromatic nitrogens is 3. The van der Waals surface area contributed by atoms with Crippen molar-refractivity contribution >= 4 is 40.9 Å². The third kappa shape index (κ3) is 5.64. The van der Waals surface area contributed by atoms with Crippen LogP contribution in [0.25, 0.3) is 0 Å². The van der Waals surface area contributed by atoms with Gasteiger partial charge in [0, 0.05) is 22.2 Å².